The fraction of sp³-hybridized carbons (Fsp3) is 0.286. The summed E-state index contributed by atoms with van der Waals surface area (Å²) >= 11 is 0. The Labute approximate surface area is 115 Å². The predicted molar refractivity (Wildman–Crippen MR) is 71.4 cm³/mol. The molecule has 1 aliphatic carbocycles. The van der Waals surface area contributed by atoms with Crippen LogP contribution in [0.3, 0.4) is 0 Å². The van der Waals surface area contributed by atoms with Gasteiger partial charge in [-0.05, 0) is 42.7 Å². The van der Waals surface area contributed by atoms with E-state index in [0.29, 0.717) is 12.0 Å². The molecular formula is C14H14N2O4. The van der Waals surface area contributed by atoms with Gasteiger partial charge in [0.05, 0.1) is 12.0 Å². The van der Waals surface area contributed by atoms with E-state index >= 15 is 0 Å². The van der Waals surface area contributed by atoms with Gasteiger partial charge in [0, 0.05) is 18.3 Å². The second kappa shape index (κ2) is 5.64. The van der Waals surface area contributed by atoms with Gasteiger partial charge < -0.3 is 4.74 Å². The van der Waals surface area contributed by atoms with Gasteiger partial charge in [-0.2, -0.15) is 0 Å². The monoisotopic (exact) mass is 274 g/mol. The molecule has 0 N–H and O–H groups in total. The molecule has 1 unspecified atom stereocenters. The van der Waals surface area contributed by atoms with Gasteiger partial charge in [-0.25, -0.2) is 4.79 Å². The third-order valence-corrected chi connectivity index (χ3v) is 3.41. The quantitative estimate of drug-likeness (QED) is 0.479. The van der Waals surface area contributed by atoms with E-state index in [2.05, 4.69) is 9.72 Å². The Hall–Kier alpha value is -2.50. The molecule has 0 saturated heterocycles. The van der Waals surface area contributed by atoms with Gasteiger partial charge in [0.15, 0.2) is 0 Å². The highest BCUT2D eigenvalue weighted by molar-refractivity contribution is 5.94. The van der Waals surface area contributed by atoms with E-state index in [1.807, 2.05) is 12.1 Å². The Balaban J connectivity index is 2.49. The maximum Gasteiger partial charge on any atom is 0.344 e. The van der Waals surface area contributed by atoms with Crippen LogP contribution in [-0.4, -0.2) is 23.0 Å². The summed E-state index contributed by atoms with van der Waals surface area (Å²) in [6.07, 6.45) is 5.28. The first-order chi connectivity index (χ1) is 9.56. The Morgan fingerprint density at radius 2 is 2.10 bits per heavy atom. The molecule has 2 rings (SSSR count). The first kappa shape index (κ1) is 13.9. The standard InChI is InChI=1S/C14H14N2O4/c1-9-11(10-5-7-15-8-6-10)3-4-12(16(18)19)13(9)14(17)20-2/h4-8,11H,3H2,1-2H3. The summed E-state index contributed by atoms with van der Waals surface area (Å²) in [6.45, 7) is 1.73. The van der Waals surface area contributed by atoms with Crippen LogP contribution in [0.4, 0.5) is 0 Å². The molecule has 0 radical (unpaired) electrons. The fourth-order valence-electron chi connectivity index (χ4n) is 2.40. The van der Waals surface area contributed by atoms with Crippen LogP contribution >= 0.6 is 0 Å². The molecule has 104 valence electrons. The number of allylic oxidation sites excluding steroid dienone is 2. The molecule has 0 saturated carbocycles. The Morgan fingerprint density at radius 1 is 1.45 bits per heavy atom. The zero-order valence-corrected chi connectivity index (χ0v) is 11.2. The van der Waals surface area contributed by atoms with Crippen LogP contribution in [0.2, 0.25) is 0 Å². The van der Waals surface area contributed by atoms with Crippen LogP contribution in [0.15, 0.2) is 47.4 Å². The summed E-state index contributed by atoms with van der Waals surface area (Å²) in [4.78, 5) is 26.3. The molecule has 6 heteroatoms. The van der Waals surface area contributed by atoms with E-state index in [0.717, 1.165) is 5.56 Å². The van der Waals surface area contributed by atoms with Crippen LogP contribution in [0.5, 0.6) is 0 Å². The Bertz CT molecular complexity index is 605. The van der Waals surface area contributed by atoms with E-state index in [4.69, 9.17) is 0 Å². The zero-order chi connectivity index (χ0) is 14.7. The van der Waals surface area contributed by atoms with Crippen molar-refractivity contribution in [1.82, 2.24) is 4.98 Å². The number of carbonyl (C=O) groups is 1. The van der Waals surface area contributed by atoms with E-state index in [9.17, 15) is 14.9 Å². The van der Waals surface area contributed by atoms with Gasteiger partial charge in [0.1, 0.15) is 5.57 Å². The zero-order valence-electron chi connectivity index (χ0n) is 11.2. The van der Waals surface area contributed by atoms with Crippen molar-refractivity contribution in [3.63, 3.8) is 0 Å². The molecule has 1 aliphatic rings. The molecule has 1 aromatic heterocycles. The lowest BCUT2D eigenvalue weighted by Gasteiger charge is -2.22. The second-order valence-corrected chi connectivity index (χ2v) is 4.46. The van der Waals surface area contributed by atoms with Crippen molar-refractivity contribution in [3.05, 3.63) is 63.1 Å². The van der Waals surface area contributed by atoms with Crippen molar-refractivity contribution < 1.29 is 14.5 Å². The number of hydrogen-bond acceptors (Lipinski definition) is 5. The number of nitrogens with zero attached hydrogens (tertiary/aromatic N) is 2. The maximum absolute atomic E-state index is 11.8. The first-order valence-corrected chi connectivity index (χ1v) is 6.10. The number of methoxy groups -OCH3 is 1. The van der Waals surface area contributed by atoms with Crippen LogP contribution < -0.4 is 0 Å². The van der Waals surface area contributed by atoms with Crippen molar-refractivity contribution in [2.24, 2.45) is 0 Å². The van der Waals surface area contributed by atoms with Gasteiger partial charge >= 0.3 is 5.97 Å². The smallest absolute Gasteiger partial charge is 0.344 e. The van der Waals surface area contributed by atoms with E-state index in [1.165, 1.54) is 13.2 Å². The summed E-state index contributed by atoms with van der Waals surface area (Å²) in [5.41, 5.74) is 1.49. The van der Waals surface area contributed by atoms with Crippen molar-refractivity contribution in [1.29, 1.82) is 0 Å². The Morgan fingerprint density at radius 3 is 2.65 bits per heavy atom. The third-order valence-electron chi connectivity index (χ3n) is 3.41. The molecule has 0 aliphatic heterocycles. The summed E-state index contributed by atoms with van der Waals surface area (Å²) in [6, 6.07) is 3.68. The highest BCUT2D eigenvalue weighted by Gasteiger charge is 2.34. The predicted octanol–water partition coefficient (Wildman–Crippen LogP) is 2.22. The normalized spacial score (nSPS) is 18.5. The van der Waals surface area contributed by atoms with E-state index < -0.39 is 10.9 Å². The molecule has 1 heterocycles. The average molecular weight is 274 g/mol. The third kappa shape index (κ3) is 2.45. The number of carbonyl (C=O) groups excluding carboxylic acids is 1. The molecule has 0 spiro atoms. The molecule has 0 fully saturated rings. The minimum Gasteiger partial charge on any atom is -0.465 e. The number of pyridine rings is 1. The SMILES string of the molecule is COC(=O)C1=C(C)C(c2ccncc2)CC=C1[N+](=O)[O-]. The van der Waals surface area contributed by atoms with Gasteiger partial charge in [-0.1, -0.05) is 0 Å². The van der Waals surface area contributed by atoms with Gasteiger partial charge in [-0.3, -0.25) is 15.1 Å². The number of aromatic nitrogens is 1. The lowest BCUT2D eigenvalue weighted by Crippen LogP contribution is -2.20. The molecule has 0 aromatic carbocycles. The molecule has 20 heavy (non-hydrogen) atoms. The number of rotatable bonds is 3. The van der Waals surface area contributed by atoms with E-state index in [1.54, 1.807) is 19.3 Å². The van der Waals surface area contributed by atoms with E-state index in [-0.39, 0.29) is 17.2 Å². The van der Waals surface area contributed by atoms with Crippen molar-refractivity contribution in [2.45, 2.75) is 19.3 Å². The summed E-state index contributed by atoms with van der Waals surface area (Å²) < 4.78 is 4.67. The number of ether oxygens (including phenoxy) is 1. The van der Waals surface area contributed by atoms with Crippen molar-refractivity contribution >= 4 is 5.97 Å². The number of hydrogen-bond donors (Lipinski definition) is 0. The molecule has 0 bridgehead atoms. The van der Waals surface area contributed by atoms with Crippen LogP contribution in [0.25, 0.3) is 0 Å². The maximum atomic E-state index is 11.8. The first-order valence-electron chi connectivity index (χ1n) is 6.10. The molecular weight excluding hydrogens is 260 g/mol. The topological polar surface area (TPSA) is 82.3 Å². The van der Waals surface area contributed by atoms with Crippen LogP contribution in [-0.2, 0) is 9.53 Å². The lowest BCUT2D eigenvalue weighted by atomic mass is 9.82. The molecule has 0 amide bonds. The molecule has 1 atom stereocenters. The fourth-order valence-corrected chi connectivity index (χ4v) is 2.40. The van der Waals surface area contributed by atoms with Crippen LogP contribution in [0.1, 0.15) is 24.8 Å². The lowest BCUT2D eigenvalue weighted by molar-refractivity contribution is -0.421. The van der Waals surface area contributed by atoms with Gasteiger partial charge in [0.2, 0.25) is 0 Å². The highest BCUT2D eigenvalue weighted by Crippen LogP contribution is 2.37. The molecule has 6 nitrogen and oxygen atoms in total. The number of esters is 1. The van der Waals surface area contributed by atoms with Crippen LogP contribution in [0, 0.1) is 10.1 Å². The summed E-state index contributed by atoms with van der Waals surface area (Å²) in [5.74, 6) is -0.750. The number of nitro groups is 1. The van der Waals surface area contributed by atoms with Gasteiger partial charge in [-0.15, -0.1) is 0 Å². The second-order valence-electron chi connectivity index (χ2n) is 4.46. The summed E-state index contributed by atoms with van der Waals surface area (Å²) in [7, 11) is 1.22. The average Bonchev–Trinajstić information content (AvgIpc) is 2.46. The van der Waals surface area contributed by atoms with Crippen molar-refractivity contribution in [3.8, 4) is 0 Å². The van der Waals surface area contributed by atoms with Gasteiger partial charge in [0.25, 0.3) is 5.70 Å². The summed E-state index contributed by atoms with van der Waals surface area (Å²) in [5, 5.41) is 11.1. The minimum atomic E-state index is -0.677. The largest absolute Gasteiger partial charge is 0.465 e. The minimum absolute atomic E-state index is 0.0468. The Kier molecular flexibility index (Phi) is 3.93. The van der Waals surface area contributed by atoms with Crippen molar-refractivity contribution in [2.75, 3.05) is 7.11 Å². The molecule has 1 aromatic rings. The highest BCUT2D eigenvalue weighted by atomic mass is 16.6.